The minimum Gasteiger partial charge on any atom is -0.491 e. The van der Waals surface area contributed by atoms with Gasteiger partial charge < -0.3 is 25.6 Å². The van der Waals surface area contributed by atoms with Gasteiger partial charge in [0.15, 0.2) is 0 Å². The Morgan fingerprint density at radius 3 is 2.60 bits per heavy atom. The number of amides is 1. The summed E-state index contributed by atoms with van der Waals surface area (Å²) in [6.07, 6.45) is 1.53. The number of aromatic nitrogens is 1. The number of nitrogens with one attached hydrogen (secondary N) is 1. The summed E-state index contributed by atoms with van der Waals surface area (Å²) in [5, 5.41) is 17.1. The maximum atomic E-state index is 11.1. The van der Waals surface area contributed by atoms with E-state index in [0.717, 1.165) is 17.7 Å². The summed E-state index contributed by atoms with van der Waals surface area (Å²) < 4.78 is 12.7. The van der Waals surface area contributed by atoms with Gasteiger partial charge in [-0.3, -0.25) is 4.79 Å². The third-order valence-electron chi connectivity index (χ3n) is 5.50. The lowest BCUT2D eigenvalue weighted by Gasteiger charge is -2.28. The number of hydrogen-bond donors (Lipinski definition) is 3. The molecule has 0 unspecified atom stereocenters. The number of rotatable bonds is 11. The number of ether oxygens (including phenoxy) is 2. The Morgan fingerprint density at radius 2 is 1.89 bits per heavy atom. The smallest absolute Gasteiger partial charge is 0.250 e. The summed E-state index contributed by atoms with van der Waals surface area (Å²) in [4.78, 5) is 15.2. The molecule has 7 nitrogen and oxygen atoms in total. The molecule has 2 aromatic heterocycles. The van der Waals surface area contributed by atoms with Crippen LogP contribution in [-0.4, -0.2) is 40.8 Å². The molecule has 1 atom stereocenters. The molecule has 182 valence electrons. The molecule has 0 spiro atoms. The molecule has 35 heavy (non-hydrogen) atoms. The van der Waals surface area contributed by atoms with Crippen molar-refractivity contribution in [2.75, 3.05) is 13.2 Å². The van der Waals surface area contributed by atoms with Crippen molar-refractivity contribution in [1.29, 1.82) is 0 Å². The maximum Gasteiger partial charge on any atom is 0.250 e. The summed E-state index contributed by atoms with van der Waals surface area (Å²) in [5.74, 6) is 1.27. The second-order valence-corrected chi connectivity index (χ2v) is 9.97. The van der Waals surface area contributed by atoms with Crippen molar-refractivity contribution in [3.05, 3.63) is 83.4 Å². The third-order valence-corrected chi connectivity index (χ3v) is 6.38. The van der Waals surface area contributed by atoms with E-state index in [4.69, 9.17) is 15.2 Å². The molecular formula is C27H29N3O4S. The first-order valence-corrected chi connectivity index (χ1v) is 12.2. The molecule has 2 heterocycles. The monoisotopic (exact) mass is 491 g/mol. The molecule has 2 aromatic carbocycles. The van der Waals surface area contributed by atoms with E-state index in [1.807, 2.05) is 42.5 Å². The van der Waals surface area contributed by atoms with Gasteiger partial charge >= 0.3 is 0 Å². The van der Waals surface area contributed by atoms with Gasteiger partial charge in [0.1, 0.15) is 24.2 Å². The number of hydrogen-bond acceptors (Lipinski definition) is 7. The first kappa shape index (κ1) is 24.7. The molecule has 0 aliphatic carbocycles. The van der Waals surface area contributed by atoms with Crippen LogP contribution in [0.1, 0.15) is 29.8 Å². The highest BCUT2D eigenvalue weighted by atomic mass is 32.1. The Morgan fingerprint density at radius 1 is 1.11 bits per heavy atom. The van der Waals surface area contributed by atoms with Crippen molar-refractivity contribution in [3.63, 3.8) is 0 Å². The molecule has 4 rings (SSSR count). The van der Waals surface area contributed by atoms with Crippen LogP contribution in [0.3, 0.4) is 0 Å². The molecule has 4 N–H and O–H groups in total. The normalized spacial score (nSPS) is 12.4. The number of carbonyl (C=O) groups excluding carboxylic acids is 1. The zero-order valence-electron chi connectivity index (χ0n) is 19.7. The number of aliphatic hydroxyl groups is 1. The van der Waals surface area contributed by atoms with E-state index < -0.39 is 12.0 Å². The van der Waals surface area contributed by atoms with E-state index in [1.165, 1.54) is 16.3 Å². The number of nitrogens with zero attached hydrogens (tertiary/aromatic N) is 1. The highest BCUT2D eigenvalue weighted by Crippen LogP contribution is 2.26. The largest absolute Gasteiger partial charge is 0.491 e. The number of pyridine rings is 1. The molecule has 8 heteroatoms. The van der Waals surface area contributed by atoms with Crippen LogP contribution >= 0.6 is 11.3 Å². The van der Waals surface area contributed by atoms with Crippen molar-refractivity contribution in [3.8, 4) is 17.4 Å². The van der Waals surface area contributed by atoms with Crippen LogP contribution in [0.2, 0.25) is 0 Å². The first-order chi connectivity index (χ1) is 16.8. The molecule has 0 radical (unpaired) electrons. The molecule has 0 saturated carbocycles. The SMILES string of the molecule is CC(C)(Cc1ccc(Oc2ccc(C(N)=O)cn2)cc1)NC[C@@H](O)COc1ccc2ccsc2c1. The lowest BCUT2D eigenvalue weighted by Crippen LogP contribution is -2.46. The van der Waals surface area contributed by atoms with E-state index in [1.54, 1.807) is 23.5 Å². The summed E-state index contributed by atoms with van der Waals surface area (Å²) in [6, 6.07) is 19.0. The quantitative estimate of drug-likeness (QED) is 0.284. The number of aliphatic hydroxyl groups excluding tert-OH is 1. The zero-order chi connectivity index (χ0) is 24.8. The van der Waals surface area contributed by atoms with Crippen LogP contribution in [0.5, 0.6) is 17.4 Å². The predicted molar refractivity (Wildman–Crippen MR) is 138 cm³/mol. The van der Waals surface area contributed by atoms with E-state index >= 15 is 0 Å². The number of β-amino-alcohol motifs (C(OH)–C–C–N with tert-alkyl or cyclic N) is 1. The van der Waals surface area contributed by atoms with Crippen LogP contribution in [0.25, 0.3) is 10.1 Å². The summed E-state index contributed by atoms with van der Waals surface area (Å²) in [6.45, 7) is 4.84. The van der Waals surface area contributed by atoms with Crippen LogP contribution in [-0.2, 0) is 6.42 Å². The van der Waals surface area contributed by atoms with Gasteiger partial charge in [0.2, 0.25) is 11.8 Å². The molecule has 0 bridgehead atoms. The molecule has 0 fully saturated rings. The molecule has 1 amide bonds. The summed E-state index contributed by atoms with van der Waals surface area (Å²) >= 11 is 1.67. The number of benzene rings is 2. The summed E-state index contributed by atoms with van der Waals surface area (Å²) in [7, 11) is 0. The Bertz CT molecular complexity index is 1270. The van der Waals surface area contributed by atoms with Crippen LogP contribution in [0.4, 0.5) is 0 Å². The highest BCUT2D eigenvalue weighted by Gasteiger charge is 2.19. The number of carbonyl (C=O) groups is 1. The van der Waals surface area contributed by atoms with Gasteiger partial charge in [0.25, 0.3) is 0 Å². The van der Waals surface area contributed by atoms with Crippen LogP contribution in [0, 0.1) is 0 Å². The molecular weight excluding hydrogens is 462 g/mol. The zero-order valence-corrected chi connectivity index (χ0v) is 20.5. The Kier molecular flexibility index (Phi) is 7.65. The Labute approximate surface area is 208 Å². The average Bonchev–Trinajstić information content (AvgIpc) is 3.31. The van der Waals surface area contributed by atoms with Gasteiger partial charge in [-0.05, 0) is 79.1 Å². The number of primary amides is 1. The fourth-order valence-corrected chi connectivity index (χ4v) is 4.44. The van der Waals surface area contributed by atoms with Gasteiger partial charge in [0, 0.05) is 29.0 Å². The Hall–Kier alpha value is -3.46. The molecule has 0 aliphatic heterocycles. The van der Waals surface area contributed by atoms with E-state index in [-0.39, 0.29) is 12.1 Å². The van der Waals surface area contributed by atoms with Crippen molar-refractivity contribution in [1.82, 2.24) is 10.3 Å². The highest BCUT2D eigenvalue weighted by molar-refractivity contribution is 7.17. The van der Waals surface area contributed by atoms with Crippen molar-refractivity contribution >= 4 is 27.3 Å². The van der Waals surface area contributed by atoms with E-state index in [2.05, 4.69) is 35.6 Å². The van der Waals surface area contributed by atoms with Gasteiger partial charge in [-0.1, -0.05) is 12.1 Å². The average molecular weight is 492 g/mol. The van der Waals surface area contributed by atoms with Crippen molar-refractivity contribution < 1.29 is 19.4 Å². The molecule has 0 aliphatic rings. The van der Waals surface area contributed by atoms with Crippen molar-refractivity contribution in [2.24, 2.45) is 5.73 Å². The topological polar surface area (TPSA) is 107 Å². The number of fused-ring (bicyclic) bond motifs is 1. The lowest BCUT2D eigenvalue weighted by molar-refractivity contribution is 0.0989. The fraction of sp³-hybridized carbons (Fsp3) is 0.259. The fourth-order valence-electron chi connectivity index (χ4n) is 3.63. The molecule has 0 saturated heterocycles. The maximum absolute atomic E-state index is 11.1. The van der Waals surface area contributed by atoms with Crippen molar-refractivity contribution in [2.45, 2.75) is 31.9 Å². The lowest BCUT2D eigenvalue weighted by atomic mass is 9.94. The minimum absolute atomic E-state index is 0.223. The van der Waals surface area contributed by atoms with Crippen LogP contribution in [0.15, 0.2) is 72.2 Å². The van der Waals surface area contributed by atoms with Gasteiger partial charge in [-0.15, -0.1) is 11.3 Å². The summed E-state index contributed by atoms with van der Waals surface area (Å²) in [5.41, 5.74) is 6.46. The molecule has 4 aromatic rings. The van der Waals surface area contributed by atoms with E-state index in [9.17, 15) is 9.90 Å². The number of nitrogens with two attached hydrogens (primary N) is 1. The second-order valence-electron chi connectivity index (χ2n) is 9.02. The predicted octanol–water partition coefficient (Wildman–Crippen LogP) is 4.54. The van der Waals surface area contributed by atoms with Gasteiger partial charge in [-0.25, -0.2) is 4.98 Å². The Balaban J connectivity index is 1.23. The third kappa shape index (κ3) is 7.02. The first-order valence-electron chi connectivity index (χ1n) is 11.3. The number of thiophene rings is 1. The minimum atomic E-state index is -0.627. The van der Waals surface area contributed by atoms with Gasteiger partial charge in [0.05, 0.1) is 5.56 Å². The standard InChI is InChI=1S/C27H29N3O4S/c1-27(2,30-16-21(31)17-33-23-9-5-19-11-12-35-24(19)13-23)14-18-3-7-22(8-4-18)34-25-10-6-20(15-29-25)26(28)32/h3-13,15,21,30-31H,14,16-17H2,1-2H3,(H2,28,32)/t21-/m1/s1. The van der Waals surface area contributed by atoms with Crippen LogP contribution < -0.4 is 20.5 Å². The second kappa shape index (κ2) is 10.9. The van der Waals surface area contributed by atoms with E-state index in [0.29, 0.717) is 23.7 Å². The van der Waals surface area contributed by atoms with Gasteiger partial charge in [-0.2, -0.15) is 0 Å².